The van der Waals surface area contributed by atoms with Gasteiger partial charge in [-0.05, 0) is 43.7 Å². The van der Waals surface area contributed by atoms with Gasteiger partial charge in [-0.3, -0.25) is 14.3 Å². The Hall–Kier alpha value is -2.15. The fourth-order valence-corrected chi connectivity index (χ4v) is 4.90. The Morgan fingerprint density at radius 2 is 2.11 bits per heavy atom. The highest BCUT2D eigenvalue weighted by atomic mass is 32.2. The predicted octanol–water partition coefficient (Wildman–Crippen LogP) is 2.33. The van der Waals surface area contributed by atoms with Crippen LogP contribution in [0.15, 0.2) is 34.3 Å². The van der Waals surface area contributed by atoms with Crippen LogP contribution in [0.25, 0.3) is 0 Å². The largest absolute Gasteiger partial charge is 0.353 e. The van der Waals surface area contributed by atoms with Crippen LogP contribution in [0.1, 0.15) is 48.9 Å². The Morgan fingerprint density at radius 3 is 2.89 bits per heavy atom. The van der Waals surface area contributed by atoms with E-state index >= 15 is 0 Å². The van der Waals surface area contributed by atoms with Gasteiger partial charge in [0.1, 0.15) is 5.03 Å². The number of hydrogen-bond donors (Lipinski definition) is 1. The Bertz CT molecular complexity index is 876. The fraction of sp³-hybridized carbons (Fsp3) is 0.500. The molecular weight excluding hydrogens is 360 g/mol. The first-order chi connectivity index (χ1) is 13.2. The molecule has 1 amide bonds. The summed E-state index contributed by atoms with van der Waals surface area (Å²) in [5.74, 6) is 0.363. The lowest BCUT2D eigenvalue weighted by Gasteiger charge is -2.15. The molecular formula is C20H24N4O2S. The normalized spacial score (nSPS) is 16.4. The Balaban J connectivity index is 1.49. The molecule has 4 rings (SSSR count). The van der Waals surface area contributed by atoms with Crippen molar-refractivity contribution in [3.8, 4) is 0 Å². The Kier molecular flexibility index (Phi) is 5.57. The quantitative estimate of drug-likeness (QED) is 0.611. The first-order valence-corrected chi connectivity index (χ1v) is 10.6. The van der Waals surface area contributed by atoms with E-state index in [1.807, 2.05) is 12.1 Å². The van der Waals surface area contributed by atoms with Crippen LogP contribution in [0.3, 0.4) is 0 Å². The molecule has 0 unspecified atom stereocenters. The summed E-state index contributed by atoms with van der Waals surface area (Å²) < 4.78 is 1.77. The zero-order chi connectivity index (χ0) is 18.6. The minimum Gasteiger partial charge on any atom is -0.353 e. The molecule has 27 heavy (non-hydrogen) atoms. The third-order valence-corrected chi connectivity index (χ3v) is 6.34. The molecule has 0 saturated heterocycles. The van der Waals surface area contributed by atoms with Gasteiger partial charge in [0.2, 0.25) is 5.91 Å². The van der Waals surface area contributed by atoms with Gasteiger partial charge in [0.05, 0.1) is 12.3 Å². The first kappa shape index (κ1) is 18.2. The number of pyridine rings is 1. The van der Waals surface area contributed by atoms with E-state index in [2.05, 4.69) is 15.3 Å². The maximum atomic E-state index is 12.6. The van der Waals surface area contributed by atoms with Crippen molar-refractivity contribution in [3.63, 3.8) is 0 Å². The predicted molar refractivity (Wildman–Crippen MR) is 105 cm³/mol. The van der Waals surface area contributed by atoms with Crippen LogP contribution in [0, 0.1) is 0 Å². The summed E-state index contributed by atoms with van der Waals surface area (Å²) in [4.78, 5) is 33.3. The molecule has 1 fully saturated rings. The molecule has 0 atom stereocenters. The van der Waals surface area contributed by atoms with Crippen LogP contribution < -0.4 is 11.0 Å². The van der Waals surface area contributed by atoms with E-state index < -0.39 is 0 Å². The van der Waals surface area contributed by atoms with Crippen molar-refractivity contribution >= 4 is 17.7 Å². The smallest absolute Gasteiger partial charge is 0.349 e. The van der Waals surface area contributed by atoms with Crippen LogP contribution in [-0.2, 0) is 24.2 Å². The molecule has 0 aliphatic heterocycles. The van der Waals surface area contributed by atoms with Gasteiger partial charge in [-0.2, -0.15) is 4.98 Å². The number of hydrogen-bond acceptors (Lipinski definition) is 5. The van der Waals surface area contributed by atoms with Crippen molar-refractivity contribution in [1.82, 2.24) is 19.9 Å². The summed E-state index contributed by atoms with van der Waals surface area (Å²) in [6.07, 6.45) is 10.9. The molecule has 0 spiro atoms. The van der Waals surface area contributed by atoms with Gasteiger partial charge in [0.25, 0.3) is 0 Å². The summed E-state index contributed by atoms with van der Waals surface area (Å²) >= 11 is 1.40. The van der Waals surface area contributed by atoms with Crippen molar-refractivity contribution in [2.45, 2.75) is 62.6 Å². The summed E-state index contributed by atoms with van der Waals surface area (Å²) in [7, 11) is 0. The molecule has 1 N–H and O–H groups in total. The van der Waals surface area contributed by atoms with E-state index in [4.69, 9.17) is 0 Å². The summed E-state index contributed by atoms with van der Waals surface area (Å²) in [6, 6.07) is 4.17. The van der Waals surface area contributed by atoms with E-state index in [1.54, 1.807) is 17.0 Å². The van der Waals surface area contributed by atoms with Crippen LogP contribution >= 0.6 is 11.8 Å². The second-order valence-corrected chi connectivity index (χ2v) is 8.23. The second kappa shape index (κ2) is 8.25. The minimum atomic E-state index is -0.238. The van der Waals surface area contributed by atoms with Gasteiger partial charge >= 0.3 is 5.69 Å². The summed E-state index contributed by atoms with van der Waals surface area (Å²) in [6.45, 7) is 0.495. The van der Waals surface area contributed by atoms with Crippen LogP contribution in [0.2, 0.25) is 0 Å². The maximum absolute atomic E-state index is 12.6. The highest BCUT2D eigenvalue weighted by molar-refractivity contribution is 7.99. The highest BCUT2D eigenvalue weighted by Gasteiger charge is 2.23. The molecule has 6 nitrogen and oxygen atoms in total. The molecule has 7 heteroatoms. The standard InChI is InChI=1S/C20H24N4O2S/c25-18(22-15-6-1-2-7-15)13-27-19-16-8-3-9-17(16)24(20(26)23-19)12-14-5-4-10-21-11-14/h4-5,10-11,15H,1-3,6-9,12-13H2,(H,22,25). The topological polar surface area (TPSA) is 76.9 Å². The molecule has 2 aliphatic rings. The summed E-state index contributed by atoms with van der Waals surface area (Å²) in [5, 5.41) is 3.83. The molecule has 0 bridgehead atoms. The van der Waals surface area contributed by atoms with E-state index in [1.165, 1.54) is 24.6 Å². The van der Waals surface area contributed by atoms with Gasteiger partial charge in [0.15, 0.2) is 0 Å². The number of nitrogens with zero attached hydrogens (tertiary/aromatic N) is 3. The lowest BCUT2D eigenvalue weighted by molar-refractivity contribution is -0.119. The molecule has 142 valence electrons. The molecule has 2 aromatic heterocycles. The lowest BCUT2D eigenvalue weighted by Crippen LogP contribution is -2.34. The summed E-state index contributed by atoms with van der Waals surface area (Å²) in [5.41, 5.74) is 2.96. The lowest BCUT2D eigenvalue weighted by atomic mass is 10.2. The third-order valence-electron chi connectivity index (χ3n) is 5.32. The van der Waals surface area contributed by atoms with Crippen LogP contribution in [-0.4, -0.2) is 32.2 Å². The van der Waals surface area contributed by atoms with Gasteiger partial charge in [-0.25, -0.2) is 4.79 Å². The molecule has 1 saturated carbocycles. The number of thioether (sulfide) groups is 1. The molecule has 0 aromatic carbocycles. The molecule has 2 aliphatic carbocycles. The van der Waals surface area contributed by atoms with E-state index in [0.29, 0.717) is 18.3 Å². The van der Waals surface area contributed by atoms with Crippen molar-refractivity contribution in [2.24, 2.45) is 0 Å². The number of carbonyl (C=O) groups excluding carboxylic acids is 1. The van der Waals surface area contributed by atoms with Crippen LogP contribution in [0.5, 0.6) is 0 Å². The molecule has 2 aromatic rings. The van der Waals surface area contributed by atoms with Gasteiger partial charge in [-0.1, -0.05) is 30.7 Å². The average molecular weight is 385 g/mol. The number of fused-ring (bicyclic) bond motifs is 1. The van der Waals surface area contributed by atoms with Crippen molar-refractivity contribution in [3.05, 3.63) is 51.8 Å². The maximum Gasteiger partial charge on any atom is 0.349 e. The van der Waals surface area contributed by atoms with Crippen molar-refractivity contribution in [1.29, 1.82) is 0 Å². The van der Waals surface area contributed by atoms with Gasteiger partial charge in [0, 0.05) is 29.7 Å². The van der Waals surface area contributed by atoms with Crippen molar-refractivity contribution < 1.29 is 4.79 Å². The Labute approximate surface area is 162 Å². The number of rotatable bonds is 6. The number of nitrogens with one attached hydrogen (secondary N) is 1. The van der Waals surface area contributed by atoms with E-state index in [9.17, 15) is 9.59 Å². The van der Waals surface area contributed by atoms with E-state index in [0.717, 1.165) is 54.0 Å². The monoisotopic (exact) mass is 384 g/mol. The highest BCUT2D eigenvalue weighted by Crippen LogP contribution is 2.29. The van der Waals surface area contributed by atoms with E-state index in [-0.39, 0.29) is 11.6 Å². The van der Waals surface area contributed by atoms with Crippen LogP contribution in [0.4, 0.5) is 0 Å². The number of amides is 1. The second-order valence-electron chi connectivity index (χ2n) is 7.26. The number of aromatic nitrogens is 3. The fourth-order valence-electron chi connectivity index (χ4n) is 4.02. The van der Waals surface area contributed by atoms with Crippen molar-refractivity contribution in [2.75, 3.05) is 5.75 Å². The number of carbonyl (C=O) groups is 1. The molecule has 2 heterocycles. The van der Waals surface area contributed by atoms with Gasteiger partial charge in [-0.15, -0.1) is 0 Å². The molecule has 0 radical (unpaired) electrons. The zero-order valence-corrected chi connectivity index (χ0v) is 16.1. The zero-order valence-electron chi connectivity index (χ0n) is 15.3. The minimum absolute atomic E-state index is 0.0417. The first-order valence-electron chi connectivity index (χ1n) is 9.64. The van der Waals surface area contributed by atoms with Gasteiger partial charge < -0.3 is 5.32 Å². The third kappa shape index (κ3) is 4.24. The Morgan fingerprint density at radius 1 is 1.26 bits per heavy atom. The average Bonchev–Trinajstić information content (AvgIpc) is 3.35. The SMILES string of the molecule is O=C(CSc1nc(=O)n(Cc2cccnc2)c2c1CCC2)NC1CCCC1.